The minimum absolute atomic E-state index is 0.261. The lowest BCUT2D eigenvalue weighted by molar-refractivity contribution is -0.139. The number of nitrogens with zero attached hydrogens (tertiary/aromatic N) is 1. The van der Waals surface area contributed by atoms with Crippen LogP contribution in [0.2, 0.25) is 0 Å². The molecule has 1 fully saturated rings. The number of rotatable bonds is 0. The molecular formula is C15H20N2O. The highest BCUT2D eigenvalue weighted by Gasteiger charge is 2.40. The van der Waals surface area contributed by atoms with Gasteiger partial charge in [-0.3, -0.25) is 4.79 Å². The first-order valence-corrected chi connectivity index (χ1v) is 7.20. The Morgan fingerprint density at radius 3 is 2.94 bits per heavy atom. The Labute approximate surface area is 108 Å². The highest BCUT2D eigenvalue weighted by atomic mass is 16.2. The number of piperidine rings is 1. The van der Waals surface area contributed by atoms with Gasteiger partial charge in [0.25, 0.3) is 0 Å². The molecule has 1 amide bonds. The van der Waals surface area contributed by atoms with E-state index in [9.17, 15) is 4.79 Å². The van der Waals surface area contributed by atoms with Gasteiger partial charge in [-0.05, 0) is 55.6 Å². The Morgan fingerprint density at radius 1 is 1.17 bits per heavy atom. The number of H-pyrrole nitrogens is 1. The third kappa shape index (κ3) is 1.33. The third-order valence-electron chi connectivity index (χ3n) is 5.24. The molecule has 0 spiro atoms. The minimum atomic E-state index is 0.261. The maximum Gasteiger partial charge on any atom is 0.226 e. The van der Waals surface area contributed by atoms with Crippen molar-refractivity contribution in [2.75, 3.05) is 13.6 Å². The van der Waals surface area contributed by atoms with E-state index in [1.54, 1.807) is 5.56 Å². The molecule has 4 rings (SSSR count). The quantitative estimate of drug-likeness (QED) is 0.741. The molecule has 1 aromatic heterocycles. The zero-order valence-corrected chi connectivity index (χ0v) is 11.0. The molecule has 1 aliphatic heterocycles. The van der Waals surface area contributed by atoms with Crippen molar-refractivity contribution in [2.45, 2.75) is 38.5 Å². The van der Waals surface area contributed by atoms with Crippen LogP contribution in [0.5, 0.6) is 0 Å². The van der Waals surface area contributed by atoms with Gasteiger partial charge in [-0.2, -0.15) is 0 Å². The Kier molecular flexibility index (Phi) is 2.14. The molecule has 2 atom stereocenters. The van der Waals surface area contributed by atoms with Crippen LogP contribution in [0, 0.1) is 11.8 Å². The standard InChI is InChI=1S/C15H20N2O/c1-17-6-5-9-7-14-12(8-11(9)15(17)18)10-3-2-4-13(10)16-14/h9,11,16H,2-8H2,1H3/t9-,11-/m0/s1. The topological polar surface area (TPSA) is 36.1 Å². The van der Waals surface area contributed by atoms with Gasteiger partial charge in [-0.1, -0.05) is 0 Å². The molecule has 0 unspecified atom stereocenters. The number of carbonyl (C=O) groups is 1. The Morgan fingerprint density at radius 2 is 2.06 bits per heavy atom. The van der Waals surface area contributed by atoms with E-state index in [0.29, 0.717) is 11.8 Å². The molecule has 3 aliphatic rings. The molecule has 3 heteroatoms. The first-order valence-electron chi connectivity index (χ1n) is 7.20. The number of carbonyl (C=O) groups excluding carboxylic acids is 1. The smallest absolute Gasteiger partial charge is 0.226 e. The predicted octanol–water partition coefficient (Wildman–Crippen LogP) is 1.70. The maximum absolute atomic E-state index is 12.3. The van der Waals surface area contributed by atoms with Gasteiger partial charge in [-0.15, -0.1) is 0 Å². The highest BCUT2D eigenvalue weighted by molar-refractivity contribution is 5.80. The predicted molar refractivity (Wildman–Crippen MR) is 69.5 cm³/mol. The lowest BCUT2D eigenvalue weighted by Crippen LogP contribution is -2.46. The van der Waals surface area contributed by atoms with Crippen molar-refractivity contribution >= 4 is 5.91 Å². The molecule has 96 valence electrons. The van der Waals surface area contributed by atoms with E-state index in [4.69, 9.17) is 0 Å². The van der Waals surface area contributed by atoms with Gasteiger partial charge < -0.3 is 9.88 Å². The molecule has 1 aromatic rings. The number of amides is 1. The van der Waals surface area contributed by atoms with Gasteiger partial charge in [0.1, 0.15) is 0 Å². The summed E-state index contributed by atoms with van der Waals surface area (Å²) in [4.78, 5) is 17.9. The molecule has 18 heavy (non-hydrogen) atoms. The number of hydrogen-bond acceptors (Lipinski definition) is 1. The third-order valence-corrected chi connectivity index (χ3v) is 5.24. The van der Waals surface area contributed by atoms with Crippen LogP contribution in [-0.4, -0.2) is 29.4 Å². The van der Waals surface area contributed by atoms with Crippen LogP contribution in [0.1, 0.15) is 35.4 Å². The fourth-order valence-corrected chi connectivity index (χ4v) is 4.21. The number of nitrogens with one attached hydrogen (secondary N) is 1. The van der Waals surface area contributed by atoms with E-state index in [1.807, 2.05) is 11.9 Å². The van der Waals surface area contributed by atoms with Crippen molar-refractivity contribution in [3.05, 3.63) is 22.5 Å². The lowest BCUT2D eigenvalue weighted by atomic mass is 9.73. The van der Waals surface area contributed by atoms with E-state index >= 15 is 0 Å². The second-order valence-corrected chi connectivity index (χ2v) is 6.22. The van der Waals surface area contributed by atoms with E-state index < -0.39 is 0 Å². The van der Waals surface area contributed by atoms with Crippen molar-refractivity contribution < 1.29 is 4.79 Å². The van der Waals surface area contributed by atoms with Crippen LogP contribution >= 0.6 is 0 Å². The number of aromatic amines is 1. The van der Waals surface area contributed by atoms with E-state index in [-0.39, 0.29) is 5.92 Å². The van der Waals surface area contributed by atoms with Crippen molar-refractivity contribution in [1.29, 1.82) is 0 Å². The molecule has 0 aromatic carbocycles. The number of aryl methyl sites for hydroxylation is 1. The molecule has 0 bridgehead atoms. The summed E-state index contributed by atoms with van der Waals surface area (Å²) in [6.45, 7) is 0.940. The van der Waals surface area contributed by atoms with E-state index in [1.165, 1.54) is 42.6 Å². The van der Waals surface area contributed by atoms with Crippen LogP contribution in [0.3, 0.4) is 0 Å². The summed E-state index contributed by atoms with van der Waals surface area (Å²) in [6.07, 6.45) is 7.00. The minimum Gasteiger partial charge on any atom is -0.362 e. The number of hydrogen-bond donors (Lipinski definition) is 1. The highest BCUT2D eigenvalue weighted by Crippen LogP contribution is 2.40. The number of aromatic nitrogens is 1. The molecule has 1 N–H and O–H groups in total. The van der Waals surface area contributed by atoms with Crippen LogP contribution in [0.15, 0.2) is 0 Å². The number of likely N-dealkylation sites (tertiary alicyclic amines) is 1. The van der Waals surface area contributed by atoms with Gasteiger partial charge >= 0.3 is 0 Å². The molecular weight excluding hydrogens is 224 g/mol. The Bertz CT molecular complexity index is 517. The SMILES string of the molecule is CN1CC[C@H]2Cc3[nH]c4c(c3C[C@@H]2C1=O)CCC4. The summed E-state index contributed by atoms with van der Waals surface area (Å²) >= 11 is 0. The molecule has 1 saturated heterocycles. The average Bonchev–Trinajstić information content (AvgIpc) is 2.92. The van der Waals surface area contributed by atoms with E-state index in [2.05, 4.69) is 4.98 Å². The average molecular weight is 244 g/mol. The van der Waals surface area contributed by atoms with Gasteiger partial charge in [-0.25, -0.2) is 0 Å². The lowest BCUT2D eigenvalue weighted by Gasteiger charge is -2.39. The summed E-state index contributed by atoms with van der Waals surface area (Å²) < 4.78 is 0. The van der Waals surface area contributed by atoms with Crippen molar-refractivity contribution in [2.24, 2.45) is 11.8 Å². The first kappa shape index (κ1) is 10.7. The molecule has 0 saturated carbocycles. The Hall–Kier alpha value is -1.25. The van der Waals surface area contributed by atoms with Gasteiger partial charge in [0.2, 0.25) is 5.91 Å². The zero-order valence-electron chi connectivity index (χ0n) is 11.0. The fraction of sp³-hybridized carbons (Fsp3) is 0.667. The number of fused-ring (bicyclic) bond motifs is 4. The maximum atomic E-state index is 12.3. The summed E-state index contributed by atoms with van der Waals surface area (Å²) in [6, 6.07) is 0. The van der Waals surface area contributed by atoms with Crippen molar-refractivity contribution in [3.63, 3.8) is 0 Å². The largest absolute Gasteiger partial charge is 0.362 e. The second kappa shape index (κ2) is 3.62. The first-order chi connectivity index (χ1) is 8.74. The van der Waals surface area contributed by atoms with Crippen LogP contribution in [0.25, 0.3) is 0 Å². The van der Waals surface area contributed by atoms with Gasteiger partial charge in [0, 0.05) is 30.9 Å². The summed E-state index contributed by atoms with van der Waals surface area (Å²) in [7, 11) is 1.95. The summed E-state index contributed by atoms with van der Waals surface area (Å²) in [5, 5.41) is 0. The fourth-order valence-electron chi connectivity index (χ4n) is 4.21. The van der Waals surface area contributed by atoms with Crippen molar-refractivity contribution in [3.8, 4) is 0 Å². The van der Waals surface area contributed by atoms with Crippen LogP contribution in [0.4, 0.5) is 0 Å². The Balaban J connectivity index is 1.73. The molecule has 2 aliphatic carbocycles. The zero-order chi connectivity index (χ0) is 12.3. The monoisotopic (exact) mass is 244 g/mol. The normalized spacial score (nSPS) is 30.1. The van der Waals surface area contributed by atoms with Gasteiger partial charge in [0.05, 0.1) is 0 Å². The van der Waals surface area contributed by atoms with Crippen molar-refractivity contribution in [1.82, 2.24) is 9.88 Å². The van der Waals surface area contributed by atoms with Crippen LogP contribution in [-0.2, 0) is 30.5 Å². The van der Waals surface area contributed by atoms with E-state index in [0.717, 1.165) is 19.4 Å². The summed E-state index contributed by atoms with van der Waals surface area (Å²) in [5.74, 6) is 1.22. The van der Waals surface area contributed by atoms with Gasteiger partial charge in [0.15, 0.2) is 0 Å². The second-order valence-electron chi connectivity index (χ2n) is 6.22. The molecule has 3 nitrogen and oxygen atoms in total. The van der Waals surface area contributed by atoms with Crippen LogP contribution < -0.4 is 0 Å². The molecule has 0 radical (unpaired) electrons. The molecule has 2 heterocycles. The summed E-state index contributed by atoms with van der Waals surface area (Å²) in [5.41, 5.74) is 6.00.